The number of amides is 1. The van der Waals surface area contributed by atoms with Crippen LogP contribution in [0.4, 0.5) is 10.1 Å². The number of fused-ring (bicyclic) bond motifs is 1. The molecule has 37 heavy (non-hydrogen) atoms. The first-order valence-electron chi connectivity index (χ1n) is 13.0. The van der Waals surface area contributed by atoms with E-state index in [4.69, 9.17) is 0 Å². The first-order chi connectivity index (χ1) is 17.8. The molecule has 0 bridgehead atoms. The highest BCUT2D eigenvalue weighted by Gasteiger charge is 2.24. The zero-order valence-electron chi connectivity index (χ0n) is 21.3. The molecule has 8 heteroatoms. The van der Waals surface area contributed by atoms with Gasteiger partial charge in [0.1, 0.15) is 11.4 Å². The molecule has 1 atom stereocenters. The molecule has 0 unspecified atom stereocenters. The van der Waals surface area contributed by atoms with Crippen LogP contribution in [0.15, 0.2) is 53.5 Å². The molecule has 1 fully saturated rings. The zero-order valence-corrected chi connectivity index (χ0v) is 21.3. The van der Waals surface area contributed by atoms with Gasteiger partial charge in [-0.05, 0) is 55.7 Å². The second-order valence-corrected chi connectivity index (χ2v) is 9.79. The second-order valence-electron chi connectivity index (χ2n) is 9.79. The van der Waals surface area contributed by atoms with Gasteiger partial charge in [0.15, 0.2) is 0 Å². The maximum Gasteiger partial charge on any atom is 0.303 e. The highest BCUT2D eigenvalue weighted by atomic mass is 19.1. The van der Waals surface area contributed by atoms with Gasteiger partial charge in [-0.1, -0.05) is 44.2 Å². The minimum Gasteiger partial charge on any atom is -0.481 e. The van der Waals surface area contributed by atoms with Gasteiger partial charge in [0, 0.05) is 30.6 Å². The monoisotopic (exact) mass is 507 g/mol. The van der Waals surface area contributed by atoms with Crippen molar-refractivity contribution in [3.8, 4) is 0 Å². The number of hydrogen-bond donors (Lipinski definition) is 3. The van der Waals surface area contributed by atoms with Crippen molar-refractivity contribution in [1.82, 2.24) is 9.88 Å². The van der Waals surface area contributed by atoms with Crippen LogP contribution in [0.25, 0.3) is 10.9 Å². The van der Waals surface area contributed by atoms with E-state index in [0.717, 1.165) is 31.2 Å². The molecule has 7 nitrogen and oxygen atoms in total. The van der Waals surface area contributed by atoms with E-state index in [1.807, 2.05) is 36.6 Å². The Kier molecular flexibility index (Phi) is 8.26. The van der Waals surface area contributed by atoms with Gasteiger partial charge in [-0.25, -0.2) is 4.39 Å². The third kappa shape index (κ3) is 6.18. The molecule has 1 heterocycles. The fraction of sp³-hybridized carbons (Fsp3) is 0.414. The van der Waals surface area contributed by atoms with Gasteiger partial charge in [0.2, 0.25) is 5.43 Å². The van der Waals surface area contributed by atoms with Crippen molar-refractivity contribution in [2.45, 2.75) is 64.5 Å². The van der Waals surface area contributed by atoms with E-state index in [1.54, 1.807) is 24.4 Å². The standard InChI is InChI=1S/C29H34FN3O4/c1-3-20(4-2)33-17-22(29(37)32-24(12-13-27(34)35)19-8-6-5-7-9-19)28(36)21-14-23(30)25(15-26(21)33)31-16-18-10-11-18/h5-9,14-15,17-18,20,24,31H,3-4,10-13,16H2,1-2H3,(H,32,37)(H,34,35)/t24-/m0/s1. The molecule has 1 saturated carbocycles. The van der Waals surface area contributed by atoms with Crippen LogP contribution in [-0.4, -0.2) is 28.1 Å². The lowest BCUT2D eigenvalue weighted by Gasteiger charge is -2.23. The molecule has 1 aromatic heterocycles. The zero-order chi connectivity index (χ0) is 26.5. The number of anilines is 1. The number of carboxylic acid groups (broad SMARTS) is 1. The largest absolute Gasteiger partial charge is 0.481 e. The number of rotatable bonds is 12. The Labute approximate surface area is 215 Å². The number of nitrogens with zero attached hydrogens (tertiary/aromatic N) is 1. The van der Waals surface area contributed by atoms with Crippen LogP contribution in [0.3, 0.4) is 0 Å². The van der Waals surface area contributed by atoms with Gasteiger partial charge in [0.05, 0.1) is 17.2 Å². The van der Waals surface area contributed by atoms with E-state index < -0.39 is 29.2 Å². The minimum atomic E-state index is -0.974. The lowest BCUT2D eigenvalue weighted by atomic mass is 10.0. The van der Waals surface area contributed by atoms with Crippen LogP contribution in [0, 0.1) is 11.7 Å². The number of pyridine rings is 1. The van der Waals surface area contributed by atoms with E-state index in [-0.39, 0.29) is 29.8 Å². The maximum atomic E-state index is 15.0. The Morgan fingerprint density at radius 2 is 1.84 bits per heavy atom. The number of hydrogen-bond acceptors (Lipinski definition) is 4. The molecule has 0 spiro atoms. The normalized spacial score (nSPS) is 14.1. The summed E-state index contributed by atoms with van der Waals surface area (Å²) >= 11 is 0. The number of nitrogens with one attached hydrogen (secondary N) is 2. The van der Waals surface area contributed by atoms with Crippen LogP contribution in [0.5, 0.6) is 0 Å². The molecule has 196 valence electrons. The minimum absolute atomic E-state index is 0.00771. The molecule has 3 aromatic rings. The number of aromatic nitrogens is 1. The molecular weight excluding hydrogens is 473 g/mol. The van der Waals surface area contributed by atoms with E-state index in [9.17, 15) is 19.5 Å². The summed E-state index contributed by atoms with van der Waals surface area (Å²) in [5.74, 6) is -1.55. The predicted molar refractivity (Wildman–Crippen MR) is 143 cm³/mol. The van der Waals surface area contributed by atoms with Crippen molar-refractivity contribution in [2.24, 2.45) is 5.92 Å². The van der Waals surface area contributed by atoms with E-state index in [1.165, 1.54) is 6.07 Å². The molecule has 0 saturated heterocycles. The summed E-state index contributed by atoms with van der Waals surface area (Å²) in [7, 11) is 0. The molecule has 0 aliphatic heterocycles. The third-order valence-electron chi connectivity index (χ3n) is 7.13. The van der Waals surface area contributed by atoms with Crippen molar-refractivity contribution in [1.29, 1.82) is 0 Å². The summed E-state index contributed by atoms with van der Waals surface area (Å²) in [5, 5.41) is 15.4. The second kappa shape index (κ2) is 11.6. The van der Waals surface area contributed by atoms with Crippen LogP contribution in [0.2, 0.25) is 0 Å². The highest BCUT2D eigenvalue weighted by molar-refractivity contribution is 5.98. The molecule has 4 rings (SSSR count). The number of benzene rings is 2. The predicted octanol–water partition coefficient (Wildman–Crippen LogP) is 5.66. The summed E-state index contributed by atoms with van der Waals surface area (Å²) in [6.07, 6.45) is 5.40. The van der Waals surface area contributed by atoms with Crippen molar-refractivity contribution in [3.63, 3.8) is 0 Å². The summed E-state index contributed by atoms with van der Waals surface area (Å²) in [4.78, 5) is 38.2. The van der Waals surface area contributed by atoms with Crippen molar-refractivity contribution in [2.75, 3.05) is 11.9 Å². The molecule has 2 aromatic carbocycles. The van der Waals surface area contributed by atoms with E-state index in [2.05, 4.69) is 10.6 Å². The van der Waals surface area contributed by atoms with Crippen LogP contribution in [-0.2, 0) is 4.79 Å². The lowest BCUT2D eigenvalue weighted by molar-refractivity contribution is -0.137. The average Bonchev–Trinajstić information content (AvgIpc) is 3.72. The number of carboxylic acids is 1. The van der Waals surface area contributed by atoms with Crippen molar-refractivity contribution >= 4 is 28.5 Å². The first kappa shape index (κ1) is 26.4. The smallest absolute Gasteiger partial charge is 0.303 e. The fourth-order valence-electron chi connectivity index (χ4n) is 4.74. The van der Waals surface area contributed by atoms with Gasteiger partial charge in [-0.15, -0.1) is 0 Å². The molecular formula is C29H34FN3O4. The summed E-state index contributed by atoms with van der Waals surface area (Å²) in [6.45, 7) is 4.76. The van der Waals surface area contributed by atoms with Gasteiger partial charge >= 0.3 is 5.97 Å². The van der Waals surface area contributed by atoms with E-state index in [0.29, 0.717) is 23.7 Å². The van der Waals surface area contributed by atoms with Gasteiger partial charge < -0.3 is 20.3 Å². The molecule has 1 amide bonds. The number of carbonyl (C=O) groups excluding carboxylic acids is 1. The van der Waals surface area contributed by atoms with Gasteiger partial charge in [-0.3, -0.25) is 14.4 Å². The van der Waals surface area contributed by atoms with Crippen molar-refractivity contribution < 1.29 is 19.1 Å². The number of aliphatic carboxylic acids is 1. The summed E-state index contributed by atoms with van der Waals surface area (Å²) < 4.78 is 16.9. The Hall–Kier alpha value is -3.68. The Morgan fingerprint density at radius 1 is 1.14 bits per heavy atom. The van der Waals surface area contributed by atoms with Crippen LogP contribution >= 0.6 is 0 Å². The molecule has 3 N–H and O–H groups in total. The summed E-state index contributed by atoms with van der Waals surface area (Å²) in [5.41, 5.74) is 1.05. The fourth-order valence-corrected chi connectivity index (χ4v) is 4.74. The Morgan fingerprint density at radius 3 is 2.46 bits per heavy atom. The van der Waals surface area contributed by atoms with Gasteiger partial charge in [0.25, 0.3) is 5.91 Å². The SMILES string of the molecule is CCC(CC)n1cc(C(=O)N[C@@H](CCC(=O)O)c2ccccc2)c(=O)c2cc(F)c(NCC3CC3)cc21. The maximum absolute atomic E-state index is 15.0. The topological polar surface area (TPSA) is 100 Å². The molecule has 1 aliphatic rings. The van der Waals surface area contributed by atoms with Crippen molar-refractivity contribution in [3.05, 3.63) is 75.8 Å². The quantitative estimate of drug-likeness (QED) is 0.294. The number of carbonyl (C=O) groups is 2. The molecule has 1 aliphatic carbocycles. The highest BCUT2D eigenvalue weighted by Crippen LogP contribution is 2.31. The van der Waals surface area contributed by atoms with Gasteiger partial charge in [-0.2, -0.15) is 0 Å². The van der Waals surface area contributed by atoms with E-state index >= 15 is 4.39 Å². The Balaban J connectivity index is 1.75. The van der Waals surface area contributed by atoms with Crippen LogP contribution < -0.4 is 16.1 Å². The van der Waals surface area contributed by atoms with Crippen LogP contribution in [0.1, 0.15) is 80.4 Å². The Bertz CT molecular complexity index is 1330. The third-order valence-corrected chi connectivity index (χ3v) is 7.13. The molecule has 0 radical (unpaired) electrons. The first-order valence-corrected chi connectivity index (χ1v) is 13.0. The number of halogens is 1. The summed E-state index contributed by atoms with van der Waals surface area (Å²) in [6, 6.07) is 11.4. The lowest BCUT2D eigenvalue weighted by Crippen LogP contribution is -2.33. The average molecular weight is 508 g/mol.